The van der Waals surface area contributed by atoms with Crippen molar-refractivity contribution >= 4 is 23.6 Å². The van der Waals surface area contributed by atoms with E-state index in [4.69, 9.17) is 28.7 Å². The molecule has 5 atom stereocenters. The van der Waals surface area contributed by atoms with E-state index in [1.54, 1.807) is 18.2 Å². The van der Waals surface area contributed by atoms with Gasteiger partial charge in [-0.05, 0) is 92.5 Å². The quantitative estimate of drug-likeness (QED) is 0.111. The Kier molecular flexibility index (Phi) is 15.7. The molecule has 0 aliphatic carbocycles. The van der Waals surface area contributed by atoms with E-state index in [0.717, 1.165) is 23.1 Å². The highest BCUT2D eigenvalue weighted by Crippen LogP contribution is 2.28. The Morgan fingerprint density at radius 1 is 0.896 bits per heavy atom. The van der Waals surface area contributed by atoms with Crippen molar-refractivity contribution in [1.29, 1.82) is 0 Å². The van der Waals surface area contributed by atoms with Gasteiger partial charge in [-0.3, -0.25) is 19.2 Å². The van der Waals surface area contributed by atoms with Crippen molar-refractivity contribution in [2.75, 3.05) is 26.2 Å². The highest BCUT2D eigenvalue weighted by Gasteiger charge is 2.30. The molecule has 0 spiro atoms. The van der Waals surface area contributed by atoms with Gasteiger partial charge in [0.15, 0.2) is 0 Å². The summed E-state index contributed by atoms with van der Waals surface area (Å²) in [6, 6.07) is 8.69. The molecular weight excluding hydrogens is 614 g/mol. The van der Waals surface area contributed by atoms with Gasteiger partial charge >= 0.3 is 0 Å². The van der Waals surface area contributed by atoms with Gasteiger partial charge in [0.05, 0.1) is 6.04 Å². The van der Waals surface area contributed by atoms with Crippen LogP contribution in [0.4, 0.5) is 0 Å². The molecule has 1 unspecified atom stereocenters. The highest BCUT2D eigenvalue weighted by atomic mass is 16.3. The highest BCUT2D eigenvalue weighted by molar-refractivity contribution is 5.93. The third-order valence-corrected chi connectivity index (χ3v) is 8.39. The number of carbonyl (C=O) groups is 4. The molecule has 0 radical (unpaired) electrons. The fourth-order valence-corrected chi connectivity index (χ4v) is 5.64. The van der Waals surface area contributed by atoms with E-state index < -0.39 is 41.9 Å². The van der Waals surface area contributed by atoms with Crippen LogP contribution in [0.1, 0.15) is 56.1 Å². The molecule has 1 heterocycles. The first kappa shape index (κ1) is 38.4. The summed E-state index contributed by atoms with van der Waals surface area (Å²) in [5.74, 6) is -1.90. The summed E-state index contributed by atoms with van der Waals surface area (Å²) in [6.07, 6.45) is 3.26. The van der Waals surface area contributed by atoms with E-state index >= 15 is 0 Å². The van der Waals surface area contributed by atoms with Gasteiger partial charge in [-0.25, -0.2) is 0 Å². The summed E-state index contributed by atoms with van der Waals surface area (Å²) in [5, 5.41) is 21.9. The number of benzene rings is 2. The van der Waals surface area contributed by atoms with Crippen molar-refractivity contribution in [3.63, 3.8) is 0 Å². The van der Waals surface area contributed by atoms with E-state index in [2.05, 4.69) is 21.3 Å². The van der Waals surface area contributed by atoms with Crippen molar-refractivity contribution < 1.29 is 24.3 Å². The van der Waals surface area contributed by atoms with E-state index in [1.165, 1.54) is 0 Å². The standard InChI is InChI=1S/C34H53N9O5/c35-12-2-7-25(38)20-40-31(45)19-26(8-3-13-36)41-34(48)29-16-21-5-1-6-22(15-21)23-10-11-30(44)24(17-23)18-27(39)32(46)42-28(9-4-14-37)33(47)43-29/h1,5-6,10-11,15,17,25-29,44H,2-4,7-9,12-14,16,18-20,35-39H2,(H,40,45)(H,41,48)(H,42,46)(H,43,47)/t25-,26?,27-,28-,29-/m0/s1. The summed E-state index contributed by atoms with van der Waals surface area (Å²) in [5.41, 5.74) is 32.2. The number of rotatable bonds is 15. The number of phenols is 1. The number of aromatic hydroxyl groups is 1. The lowest BCUT2D eigenvalue weighted by atomic mass is 9.96. The van der Waals surface area contributed by atoms with Gasteiger partial charge in [0.1, 0.15) is 17.8 Å². The van der Waals surface area contributed by atoms with Crippen LogP contribution < -0.4 is 49.9 Å². The van der Waals surface area contributed by atoms with Crippen molar-refractivity contribution in [2.24, 2.45) is 28.7 Å². The molecule has 15 N–H and O–H groups in total. The molecule has 14 nitrogen and oxygen atoms in total. The molecule has 0 fully saturated rings. The number of carbonyl (C=O) groups excluding carboxylic acids is 4. The first-order valence-electron chi connectivity index (χ1n) is 16.7. The Morgan fingerprint density at radius 3 is 2.33 bits per heavy atom. The van der Waals surface area contributed by atoms with E-state index in [0.29, 0.717) is 44.3 Å². The van der Waals surface area contributed by atoms with Crippen LogP contribution in [-0.2, 0) is 32.0 Å². The first-order valence-corrected chi connectivity index (χ1v) is 16.7. The molecule has 4 amide bonds. The molecule has 3 rings (SSSR count). The number of phenolic OH excluding ortho intramolecular Hbond substituents is 1. The van der Waals surface area contributed by atoms with Crippen molar-refractivity contribution in [1.82, 2.24) is 21.3 Å². The van der Waals surface area contributed by atoms with Crippen molar-refractivity contribution in [3.8, 4) is 16.9 Å². The molecule has 48 heavy (non-hydrogen) atoms. The second-order valence-electron chi connectivity index (χ2n) is 12.4. The fraction of sp³-hybridized carbons (Fsp3) is 0.529. The maximum Gasteiger partial charge on any atom is 0.243 e. The minimum absolute atomic E-state index is 0.00174. The molecule has 1 aliphatic heterocycles. The molecule has 264 valence electrons. The van der Waals surface area contributed by atoms with Gasteiger partial charge < -0.3 is 55.0 Å². The number of hydrogen-bond donors (Lipinski definition) is 10. The van der Waals surface area contributed by atoms with E-state index in [9.17, 15) is 24.3 Å². The Labute approximate surface area is 282 Å². The lowest BCUT2D eigenvalue weighted by Gasteiger charge is -2.26. The predicted octanol–water partition coefficient (Wildman–Crippen LogP) is -1.01. The monoisotopic (exact) mass is 667 g/mol. The molecule has 1 aliphatic rings. The van der Waals surface area contributed by atoms with E-state index in [1.807, 2.05) is 24.3 Å². The van der Waals surface area contributed by atoms with Crippen LogP contribution in [0.5, 0.6) is 5.75 Å². The summed E-state index contributed by atoms with van der Waals surface area (Å²) in [4.78, 5) is 53.6. The molecule has 14 heteroatoms. The van der Waals surface area contributed by atoms with Crippen LogP contribution in [-0.4, -0.2) is 85.1 Å². The number of fused-ring (bicyclic) bond motifs is 5. The first-order chi connectivity index (χ1) is 23.0. The average Bonchev–Trinajstić information content (AvgIpc) is 3.07. The normalized spacial score (nSPS) is 19.6. The Bertz CT molecular complexity index is 1370. The third kappa shape index (κ3) is 12.2. The van der Waals surface area contributed by atoms with E-state index in [-0.39, 0.29) is 56.5 Å². The van der Waals surface area contributed by atoms with Crippen LogP contribution in [0.25, 0.3) is 11.1 Å². The molecule has 4 bridgehead atoms. The second kappa shape index (κ2) is 19.7. The van der Waals surface area contributed by atoms with Crippen molar-refractivity contribution in [2.45, 2.75) is 88.0 Å². The zero-order chi connectivity index (χ0) is 35.1. The topological polar surface area (TPSA) is 267 Å². The zero-order valence-electron chi connectivity index (χ0n) is 27.6. The summed E-state index contributed by atoms with van der Waals surface area (Å²) < 4.78 is 0. The van der Waals surface area contributed by atoms with Gasteiger partial charge in [0.2, 0.25) is 23.6 Å². The molecule has 0 saturated heterocycles. The molecule has 2 aromatic carbocycles. The molecule has 0 saturated carbocycles. The van der Waals surface area contributed by atoms with Crippen LogP contribution in [0.15, 0.2) is 42.5 Å². The van der Waals surface area contributed by atoms with Crippen LogP contribution in [0.3, 0.4) is 0 Å². The van der Waals surface area contributed by atoms with Crippen LogP contribution >= 0.6 is 0 Å². The summed E-state index contributed by atoms with van der Waals surface area (Å²) in [6.45, 7) is 1.45. The minimum Gasteiger partial charge on any atom is -0.508 e. The number of amides is 4. The fourth-order valence-electron chi connectivity index (χ4n) is 5.64. The van der Waals surface area contributed by atoms with Crippen LogP contribution in [0.2, 0.25) is 0 Å². The van der Waals surface area contributed by atoms with Crippen molar-refractivity contribution in [3.05, 3.63) is 53.6 Å². The van der Waals surface area contributed by atoms with Gasteiger partial charge in [0.25, 0.3) is 0 Å². The Morgan fingerprint density at radius 2 is 1.60 bits per heavy atom. The van der Waals surface area contributed by atoms with Crippen LogP contribution in [0, 0.1) is 0 Å². The average molecular weight is 668 g/mol. The predicted molar refractivity (Wildman–Crippen MR) is 185 cm³/mol. The lowest BCUT2D eigenvalue weighted by Crippen LogP contribution is -2.57. The second-order valence-corrected chi connectivity index (χ2v) is 12.4. The Hall–Kier alpha value is -4.08. The number of hydrogen-bond acceptors (Lipinski definition) is 10. The zero-order valence-corrected chi connectivity index (χ0v) is 27.6. The molecule has 0 aromatic heterocycles. The molecule has 2 aromatic rings. The van der Waals surface area contributed by atoms with Gasteiger partial charge in [-0.1, -0.05) is 30.3 Å². The molecular formula is C34H53N9O5. The lowest BCUT2D eigenvalue weighted by molar-refractivity contribution is -0.133. The van der Waals surface area contributed by atoms with Gasteiger partial charge in [0, 0.05) is 37.9 Å². The summed E-state index contributed by atoms with van der Waals surface area (Å²) in [7, 11) is 0. The van der Waals surface area contributed by atoms with Gasteiger partial charge in [-0.15, -0.1) is 0 Å². The Balaban J connectivity index is 1.91. The van der Waals surface area contributed by atoms with Gasteiger partial charge in [-0.2, -0.15) is 0 Å². The number of nitrogens with one attached hydrogen (secondary N) is 4. The maximum absolute atomic E-state index is 13.9. The SMILES string of the molecule is NCCCC(CC(=O)NC[C@@H](N)CCCN)NC(=O)[C@@H]1Cc2cccc(c2)-c2ccc(O)c(c2)C[C@H](N)C(=O)N[C@@H](CCCN)C(=O)N1. The number of nitrogens with two attached hydrogens (primary N) is 5. The third-order valence-electron chi connectivity index (χ3n) is 8.39. The smallest absolute Gasteiger partial charge is 0.243 e. The largest absolute Gasteiger partial charge is 0.508 e. The maximum atomic E-state index is 13.9. The minimum atomic E-state index is -1.06. The summed E-state index contributed by atoms with van der Waals surface area (Å²) >= 11 is 0.